The molecule has 0 amide bonds. The van der Waals surface area contributed by atoms with Gasteiger partial charge in [-0.15, -0.1) is 22.7 Å². The molecule has 0 aliphatic heterocycles. The third-order valence-corrected chi connectivity index (χ3v) is 17.9. The van der Waals surface area contributed by atoms with Crippen LogP contribution in [0.4, 0.5) is 0 Å². The molecule has 0 N–H and O–H groups in total. The zero-order valence-corrected chi connectivity index (χ0v) is 41.5. The van der Waals surface area contributed by atoms with Crippen LogP contribution in [-0.4, -0.2) is 13.7 Å². The second-order valence-electron chi connectivity index (χ2n) is 19.4. The molecular weight excluding hydrogens is 951 g/mol. The van der Waals surface area contributed by atoms with Crippen molar-refractivity contribution >= 4 is 128 Å². The highest BCUT2D eigenvalue weighted by Gasteiger charge is 2.31. The van der Waals surface area contributed by atoms with Gasteiger partial charge in [-0.25, -0.2) is 0 Å². The van der Waals surface area contributed by atoms with Gasteiger partial charge in [0.2, 0.25) is 0 Å². The van der Waals surface area contributed by atoms with Crippen LogP contribution in [0, 0.1) is 22.7 Å². The molecular formula is C68H37N5S2. The monoisotopic (exact) mass is 987 g/mol. The van der Waals surface area contributed by atoms with Gasteiger partial charge in [0.25, 0.3) is 0 Å². The Morgan fingerprint density at radius 3 is 1.12 bits per heavy atom. The SMILES string of the molecule is N#Cc1cc(C#N)c(-n2c3ccc(-c4ccccc4)cc3c3ccc4c5ccccc5sc4c32)c(-n2c3ccccc3c3ccccc32)c1-n1c2ccc(-c3ccccc3)cc2c2ccc3c4ccccc4sc3c21. The van der Waals surface area contributed by atoms with Crippen molar-refractivity contribution < 1.29 is 0 Å². The first kappa shape index (κ1) is 41.8. The van der Waals surface area contributed by atoms with Crippen LogP contribution in [0.25, 0.3) is 145 Å². The highest BCUT2D eigenvalue weighted by Crippen LogP contribution is 2.50. The van der Waals surface area contributed by atoms with Crippen LogP contribution in [0.1, 0.15) is 11.1 Å². The quantitative estimate of drug-likeness (QED) is 0.172. The number of rotatable bonds is 5. The van der Waals surface area contributed by atoms with E-state index in [9.17, 15) is 10.5 Å². The largest absolute Gasteiger partial charge is 0.305 e. The van der Waals surface area contributed by atoms with Crippen molar-refractivity contribution in [2.75, 3.05) is 0 Å². The Balaban J connectivity index is 1.17. The van der Waals surface area contributed by atoms with Crippen LogP contribution in [0.3, 0.4) is 0 Å². The average Bonchev–Trinajstić information content (AvgIpc) is 4.40. The van der Waals surface area contributed by atoms with Crippen LogP contribution < -0.4 is 0 Å². The number of benzene rings is 11. The Labute approximate surface area is 437 Å². The summed E-state index contributed by atoms with van der Waals surface area (Å²) in [6, 6.07) is 85.4. The number of aromatic nitrogens is 3. The average molecular weight is 988 g/mol. The lowest BCUT2D eigenvalue weighted by Crippen LogP contribution is -2.13. The maximum atomic E-state index is 11.9. The predicted molar refractivity (Wildman–Crippen MR) is 316 cm³/mol. The van der Waals surface area contributed by atoms with Crippen molar-refractivity contribution in [3.63, 3.8) is 0 Å². The van der Waals surface area contributed by atoms with Crippen molar-refractivity contribution in [2.45, 2.75) is 0 Å². The predicted octanol–water partition coefficient (Wildman–Crippen LogP) is 18.8. The first-order valence-corrected chi connectivity index (χ1v) is 26.7. The summed E-state index contributed by atoms with van der Waals surface area (Å²) in [5.74, 6) is 0. The van der Waals surface area contributed by atoms with Gasteiger partial charge in [-0.2, -0.15) is 10.5 Å². The second-order valence-corrected chi connectivity index (χ2v) is 21.5. The van der Waals surface area contributed by atoms with Crippen molar-refractivity contribution in [1.82, 2.24) is 13.7 Å². The van der Waals surface area contributed by atoms with E-state index in [1.165, 1.54) is 20.2 Å². The number of nitrogens with zero attached hydrogens (tertiary/aromatic N) is 5. The van der Waals surface area contributed by atoms with Crippen molar-refractivity contribution in [2.24, 2.45) is 0 Å². The number of hydrogen-bond donors (Lipinski definition) is 0. The zero-order valence-electron chi connectivity index (χ0n) is 39.9. The van der Waals surface area contributed by atoms with E-state index in [0.29, 0.717) is 22.5 Å². The molecule has 7 heteroatoms. The summed E-state index contributed by atoms with van der Waals surface area (Å²) >= 11 is 3.57. The molecule has 0 spiro atoms. The summed E-state index contributed by atoms with van der Waals surface area (Å²) in [7, 11) is 0. The number of para-hydroxylation sites is 2. The zero-order chi connectivity index (χ0) is 49.5. The van der Waals surface area contributed by atoms with Gasteiger partial charge in [-0.05, 0) is 76.9 Å². The van der Waals surface area contributed by atoms with Crippen molar-refractivity contribution in [1.29, 1.82) is 10.5 Å². The molecule has 0 atom stereocenters. The van der Waals surface area contributed by atoms with E-state index < -0.39 is 0 Å². The van der Waals surface area contributed by atoms with E-state index in [0.717, 1.165) is 114 Å². The van der Waals surface area contributed by atoms with Gasteiger partial charge in [0.05, 0.1) is 70.7 Å². The highest BCUT2D eigenvalue weighted by molar-refractivity contribution is 7.27. The Morgan fingerprint density at radius 2 is 0.667 bits per heavy atom. The summed E-state index contributed by atoms with van der Waals surface area (Å²) in [6.07, 6.45) is 0. The van der Waals surface area contributed by atoms with E-state index in [1.807, 2.05) is 6.07 Å². The molecule has 16 rings (SSSR count). The van der Waals surface area contributed by atoms with Gasteiger partial charge < -0.3 is 13.7 Å². The number of hydrogen-bond acceptors (Lipinski definition) is 4. The Morgan fingerprint density at radius 1 is 0.280 bits per heavy atom. The summed E-state index contributed by atoms with van der Waals surface area (Å²) in [5.41, 5.74) is 13.3. The van der Waals surface area contributed by atoms with Crippen molar-refractivity contribution in [3.8, 4) is 51.5 Å². The van der Waals surface area contributed by atoms with Crippen LogP contribution in [0.5, 0.6) is 0 Å². The first-order chi connectivity index (χ1) is 37.1. The third kappa shape index (κ3) is 5.85. The highest BCUT2D eigenvalue weighted by atomic mass is 32.1. The standard InChI is InChI=1S/C68H37N5S2/c69-38-44-35-45(39-70)63(73-59-34-28-43(41-17-5-2-6-18-41)37-55(59)51-30-32-53-49-22-10-14-26-61(49)75-68(53)65(51)73)66(71-56-23-11-7-19-46(56)47-20-8-12-24-57(47)71)62(44)72-58-33-27-42(40-15-3-1-4-16-40)36-54(58)50-29-31-52-48-21-9-13-25-60(48)74-67(52)64(50)72/h1-37H. The maximum Gasteiger partial charge on any atom is 0.101 e. The van der Waals surface area contributed by atoms with Gasteiger partial charge in [0.15, 0.2) is 0 Å². The maximum absolute atomic E-state index is 11.9. The fraction of sp³-hybridized carbons (Fsp3) is 0. The Kier molecular flexibility index (Phi) is 8.85. The molecule has 0 unspecified atom stereocenters. The molecule has 0 radical (unpaired) electrons. The lowest BCUT2D eigenvalue weighted by Gasteiger charge is -2.24. The molecule has 0 bridgehead atoms. The summed E-state index contributed by atoms with van der Waals surface area (Å²) in [5, 5.41) is 35.0. The van der Waals surface area contributed by atoms with Crippen molar-refractivity contribution in [3.05, 3.63) is 236 Å². The lowest BCUT2D eigenvalue weighted by atomic mass is 10.0. The van der Waals surface area contributed by atoms with Crippen LogP contribution in [0.2, 0.25) is 0 Å². The lowest BCUT2D eigenvalue weighted by molar-refractivity contribution is 1.04. The molecule has 5 heterocycles. The van der Waals surface area contributed by atoms with Crippen LogP contribution in [0.15, 0.2) is 224 Å². The molecule has 5 aromatic heterocycles. The summed E-state index contributed by atoms with van der Waals surface area (Å²) in [6.45, 7) is 0. The normalized spacial score (nSPS) is 12.0. The molecule has 346 valence electrons. The molecule has 75 heavy (non-hydrogen) atoms. The minimum absolute atomic E-state index is 0.398. The summed E-state index contributed by atoms with van der Waals surface area (Å²) in [4.78, 5) is 0. The van der Waals surface area contributed by atoms with E-state index in [4.69, 9.17) is 0 Å². The molecule has 0 aliphatic rings. The van der Waals surface area contributed by atoms with Gasteiger partial charge >= 0.3 is 0 Å². The smallest absolute Gasteiger partial charge is 0.101 e. The fourth-order valence-electron chi connectivity index (χ4n) is 12.3. The minimum atomic E-state index is 0.398. The first-order valence-electron chi connectivity index (χ1n) is 25.0. The van der Waals surface area contributed by atoms with E-state index in [-0.39, 0.29) is 0 Å². The van der Waals surface area contributed by atoms with E-state index in [2.05, 4.69) is 244 Å². The van der Waals surface area contributed by atoms with Gasteiger partial charge in [0, 0.05) is 63.3 Å². The molecule has 11 aromatic carbocycles. The molecule has 0 fully saturated rings. The number of fused-ring (bicyclic) bond motifs is 17. The second kappa shape index (κ2) is 15.9. The molecule has 5 nitrogen and oxygen atoms in total. The topological polar surface area (TPSA) is 62.4 Å². The molecule has 0 aliphatic carbocycles. The van der Waals surface area contributed by atoms with E-state index in [1.54, 1.807) is 22.7 Å². The summed E-state index contributed by atoms with van der Waals surface area (Å²) < 4.78 is 11.7. The minimum Gasteiger partial charge on any atom is -0.305 e. The fourth-order valence-corrected chi connectivity index (χ4v) is 14.8. The molecule has 16 aromatic rings. The van der Waals surface area contributed by atoms with Gasteiger partial charge in [-0.3, -0.25) is 0 Å². The number of thiophene rings is 2. The van der Waals surface area contributed by atoms with Crippen LogP contribution in [-0.2, 0) is 0 Å². The Bertz CT molecular complexity index is 4890. The van der Waals surface area contributed by atoms with Gasteiger partial charge in [-0.1, -0.05) is 170 Å². The van der Waals surface area contributed by atoms with Crippen LogP contribution >= 0.6 is 22.7 Å². The molecule has 0 saturated heterocycles. The van der Waals surface area contributed by atoms with Gasteiger partial charge in [0.1, 0.15) is 12.1 Å². The number of nitriles is 2. The van der Waals surface area contributed by atoms with E-state index >= 15 is 0 Å². The third-order valence-electron chi connectivity index (χ3n) is 15.5. The Hall–Kier alpha value is -9.76. The molecule has 0 saturated carbocycles.